The number of aryl methyl sites for hydroxylation is 2. The Bertz CT molecular complexity index is 1760. The highest BCUT2D eigenvalue weighted by Gasteiger charge is 2.48. The third kappa shape index (κ3) is 4.71. The third-order valence-corrected chi connectivity index (χ3v) is 8.17. The maximum absolute atomic E-state index is 13.8. The molecule has 3 heterocycles. The fourth-order valence-corrected chi connectivity index (χ4v) is 6.56. The van der Waals surface area contributed by atoms with E-state index < -0.39 is 17.7 Å². The highest BCUT2D eigenvalue weighted by molar-refractivity contribution is 7.22. The lowest BCUT2D eigenvalue weighted by Gasteiger charge is -2.24. The molecule has 6 rings (SSSR count). The molecule has 2 aliphatic heterocycles. The minimum absolute atomic E-state index is 0.0598. The number of amides is 1. The lowest BCUT2D eigenvalue weighted by molar-refractivity contribution is -0.132. The van der Waals surface area contributed by atoms with Gasteiger partial charge in [-0.2, -0.15) is 0 Å². The topological polar surface area (TPSA) is 107 Å². The predicted octanol–water partition coefficient (Wildman–Crippen LogP) is 6.11. The molecule has 1 unspecified atom stereocenters. The van der Waals surface area contributed by atoms with Crippen LogP contribution in [0, 0.1) is 13.8 Å². The zero-order chi connectivity index (χ0) is 29.5. The first kappa shape index (κ1) is 27.6. The normalized spacial score (nSPS) is 17.6. The van der Waals surface area contributed by atoms with Gasteiger partial charge >= 0.3 is 5.91 Å². The number of thiazole rings is 1. The smallest absolute Gasteiger partial charge is 0.301 e. The van der Waals surface area contributed by atoms with Crippen LogP contribution in [0.4, 0.5) is 5.13 Å². The van der Waals surface area contributed by atoms with Crippen molar-refractivity contribution in [3.05, 3.63) is 76.4 Å². The minimum Gasteiger partial charge on any atom is -0.507 e. The van der Waals surface area contributed by atoms with Gasteiger partial charge in [0.05, 0.1) is 35.0 Å². The molecule has 1 saturated heterocycles. The average molecular weight is 587 g/mol. The number of anilines is 1. The van der Waals surface area contributed by atoms with E-state index in [1.807, 2.05) is 39.8 Å². The summed E-state index contributed by atoms with van der Waals surface area (Å²) >= 11 is 1.33. The van der Waals surface area contributed by atoms with Crippen LogP contribution in [0.2, 0.25) is 0 Å². The molecule has 1 fully saturated rings. The second-order valence-electron chi connectivity index (χ2n) is 10.0. The van der Waals surface area contributed by atoms with Gasteiger partial charge in [-0.05, 0) is 80.8 Å². The van der Waals surface area contributed by atoms with Crippen molar-refractivity contribution >= 4 is 44.1 Å². The van der Waals surface area contributed by atoms with E-state index in [1.54, 1.807) is 36.4 Å². The van der Waals surface area contributed by atoms with Gasteiger partial charge in [-0.1, -0.05) is 23.5 Å². The number of carbonyl (C=O) groups is 2. The van der Waals surface area contributed by atoms with Crippen molar-refractivity contribution in [2.45, 2.75) is 33.7 Å². The van der Waals surface area contributed by atoms with Crippen LogP contribution in [0.5, 0.6) is 23.0 Å². The molecule has 0 radical (unpaired) electrons. The van der Waals surface area contributed by atoms with Crippen LogP contribution >= 0.6 is 11.3 Å². The maximum Gasteiger partial charge on any atom is 0.301 e. The van der Waals surface area contributed by atoms with Crippen molar-refractivity contribution in [2.24, 2.45) is 0 Å². The van der Waals surface area contributed by atoms with Gasteiger partial charge in [0, 0.05) is 5.56 Å². The molecule has 0 aliphatic carbocycles. The van der Waals surface area contributed by atoms with Crippen LogP contribution in [0.15, 0.2) is 54.1 Å². The van der Waals surface area contributed by atoms with Gasteiger partial charge in [0.15, 0.2) is 28.1 Å². The zero-order valence-corrected chi connectivity index (χ0v) is 24.5. The van der Waals surface area contributed by atoms with Gasteiger partial charge in [0.25, 0.3) is 5.78 Å². The van der Waals surface area contributed by atoms with Crippen molar-refractivity contribution in [3.8, 4) is 23.0 Å². The molecule has 1 amide bonds. The largest absolute Gasteiger partial charge is 0.507 e. The van der Waals surface area contributed by atoms with Gasteiger partial charge in [-0.25, -0.2) is 4.98 Å². The van der Waals surface area contributed by atoms with E-state index in [2.05, 4.69) is 0 Å². The molecule has 3 aromatic carbocycles. The summed E-state index contributed by atoms with van der Waals surface area (Å²) in [5.74, 6) is 0.0923. The average Bonchev–Trinajstić information content (AvgIpc) is 3.52. The summed E-state index contributed by atoms with van der Waals surface area (Å²) in [6, 6.07) is 13.3. The molecule has 216 valence electrons. The number of ketones is 1. The van der Waals surface area contributed by atoms with E-state index >= 15 is 0 Å². The fourth-order valence-electron chi connectivity index (χ4n) is 5.39. The van der Waals surface area contributed by atoms with E-state index in [-0.39, 0.29) is 11.3 Å². The predicted molar refractivity (Wildman–Crippen MR) is 160 cm³/mol. The quantitative estimate of drug-likeness (QED) is 0.157. The van der Waals surface area contributed by atoms with Crippen molar-refractivity contribution < 1.29 is 33.6 Å². The molecule has 0 saturated carbocycles. The summed E-state index contributed by atoms with van der Waals surface area (Å²) in [6.07, 6.45) is 0. The summed E-state index contributed by atoms with van der Waals surface area (Å²) in [5.41, 5.74) is 3.63. The SMILES string of the molecule is CCOc1ccc(C2/C(=C(/O)c3ccc4c(c3)OCCO4)C(=O)C(=O)N2c2nc3c(C)cc(C)cc3s2)cc1OCC. The summed E-state index contributed by atoms with van der Waals surface area (Å²) in [7, 11) is 0. The Labute approximate surface area is 246 Å². The number of rotatable bonds is 7. The highest BCUT2D eigenvalue weighted by Crippen LogP contribution is 2.47. The zero-order valence-electron chi connectivity index (χ0n) is 23.7. The van der Waals surface area contributed by atoms with Crippen LogP contribution in [0.25, 0.3) is 16.0 Å². The molecule has 2 aliphatic rings. The van der Waals surface area contributed by atoms with E-state index in [4.69, 9.17) is 23.9 Å². The Morgan fingerprint density at radius 1 is 0.976 bits per heavy atom. The maximum atomic E-state index is 13.8. The van der Waals surface area contributed by atoms with Gasteiger partial charge in [0.1, 0.15) is 19.0 Å². The lowest BCUT2D eigenvalue weighted by atomic mass is 9.95. The van der Waals surface area contributed by atoms with Gasteiger partial charge in [-0.3, -0.25) is 14.5 Å². The molecule has 1 aromatic heterocycles. The number of fused-ring (bicyclic) bond motifs is 2. The standard InChI is InChI=1S/C32H30N2O7S/c1-5-38-21-9-7-19(15-23(21)39-6-2)28-26(29(35)20-8-10-22-24(16-20)41-12-11-40-22)30(36)31(37)34(28)32-33-27-18(4)13-17(3)14-25(27)42-32/h7-10,13-16,28,35H,5-6,11-12H2,1-4H3/b29-26-. The van der Waals surface area contributed by atoms with Crippen molar-refractivity contribution in [2.75, 3.05) is 31.3 Å². The molecule has 10 heteroatoms. The molecule has 0 bridgehead atoms. The number of nitrogens with zero attached hydrogens (tertiary/aromatic N) is 2. The van der Waals surface area contributed by atoms with E-state index in [1.165, 1.54) is 16.2 Å². The minimum atomic E-state index is -0.977. The molecule has 4 aromatic rings. The number of ether oxygens (including phenoxy) is 4. The number of hydrogen-bond donors (Lipinski definition) is 1. The Balaban J connectivity index is 1.56. The number of aliphatic hydroxyl groups is 1. The van der Waals surface area contributed by atoms with Crippen LogP contribution < -0.4 is 23.8 Å². The second kappa shape index (κ2) is 11.0. The first-order valence-corrected chi connectivity index (χ1v) is 14.6. The van der Waals surface area contributed by atoms with Gasteiger partial charge in [-0.15, -0.1) is 0 Å². The van der Waals surface area contributed by atoms with Crippen LogP contribution in [-0.2, 0) is 9.59 Å². The Morgan fingerprint density at radius 2 is 1.71 bits per heavy atom. The molecule has 0 spiro atoms. The van der Waals surface area contributed by atoms with Crippen LogP contribution in [-0.4, -0.2) is 48.2 Å². The fraction of sp³-hybridized carbons (Fsp3) is 0.281. The summed E-state index contributed by atoms with van der Waals surface area (Å²) in [6.45, 7) is 9.32. The number of aliphatic hydroxyl groups excluding tert-OH is 1. The van der Waals surface area contributed by atoms with Gasteiger partial charge < -0.3 is 24.1 Å². The first-order chi connectivity index (χ1) is 20.3. The van der Waals surface area contributed by atoms with Gasteiger partial charge in [0.2, 0.25) is 0 Å². The molecule has 42 heavy (non-hydrogen) atoms. The Morgan fingerprint density at radius 3 is 2.48 bits per heavy atom. The van der Waals surface area contributed by atoms with Crippen LogP contribution in [0.1, 0.15) is 42.1 Å². The number of carbonyl (C=O) groups excluding carboxylic acids is 2. The number of hydrogen-bond acceptors (Lipinski definition) is 9. The van der Waals surface area contributed by atoms with E-state index in [0.29, 0.717) is 65.7 Å². The molecular formula is C32H30N2O7S. The molecular weight excluding hydrogens is 556 g/mol. The molecule has 1 N–H and O–H groups in total. The second-order valence-corrected chi connectivity index (χ2v) is 11.0. The molecule has 9 nitrogen and oxygen atoms in total. The first-order valence-electron chi connectivity index (χ1n) is 13.8. The monoisotopic (exact) mass is 586 g/mol. The highest BCUT2D eigenvalue weighted by atomic mass is 32.1. The summed E-state index contributed by atoms with van der Waals surface area (Å²) in [5, 5.41) is 12.0. The number of benzene rings is 3. The number of aromatic nitrogens is 1. The lowest BCUT2D eigenvalue weighted by Crippen LogP contribution is -2.29. The van der Waals surface area contributed by atoms with Crippen molar-refractivity contribution in [1.29, 1.82) is 0 Å². The van der Waals surface area contributed by atoms with E-state index in [0.717, 1.165) is 21.3 Å². The molecule has 1 atom stereocenters. The van der Waals surface area contributed by atoms with Crippen molar-refractivity contribution in [3.63, 3.8) is 0 Å². The third-order valence-electron chi connectivity index (χ3n) is 7.17. The Kier molecular flexibility index (Phi) is 7.24. The van der Waals surface area contributed by atoms with Crippen LogP contribution in [0.3, 0.4) is 0 Å². The number of Topliss-reactive ketones (excluding diaryl/α,β-unsaturated/α-hetero) is 1. The van der Waals surface area contributed by atoms with Crippen molar-refractivity contribution in [1.82, 2.24) is 4.98 Å². The summed E-state index contributed by atoms with van der Waals surface area (Å²) in [4.78, 5) is 33.7. The van der Waals surface area contributed by atoms with E-state index in [9.17, 15) is 14.7 Å². The Hall–Kier alpha value is -4.57. The summed E-state index contributed by atoms with van der Waals surface area (Å²) < 4.78 is 23.8.